The SMILES string of the molecule is c1ccc(-c2cccc(-c3nc(-c4ccccc4)nc(-c4ccc(-c5cccc6c5oc5cc(-c7ccccc7)ccc56)cc4)n3)c2)cc1. The van der Waals surface area contributed by atoms with E-state index in [4.69, 9.17) is 19.4 Å². The summed E-state index contributed by atoms with van der Waals surface area (Å²) in [6, 6.07) is 60.4. The van der Waals surface area contributed by atoms with E-state index in [9.17, 15) is 0 Å². The van der Waals surface area contributed by atoms with Crippen molar-refractivity contribution < 1.29 is 4.42 Å². The number of rotatable bonds is 6. The van der Waals surface area contributed by atoms with Gasteiger partial charge >= 0.3 is 0 Å². The molecule has 0 unspecified atom stereocenters. The summed E-state index contributed by atoms with van der Waals surface area (Å²) in [6.45, 7) is 0. The van der Waals surface area contributed by atoms with Gasteiger partial charge in [-0.25, -0.2) is 15.0 Å². The molecule has 49 heavy (non-hydrogen) atoms. The van der Waals surface area contributed by atoms with Crippen LogP contribution in [0.25, 0.3) is 89.5 Å². The van der Waals surface area contributed by atoms with Crippen molar-refractivity contribution in [3.05, 3.63) is 176 Å². The highest BCUT2D eigenvalue weighted by Crippen LogP contribution is 2.38. The lowest BCUT2D eigenvalue weighted by Gasteiger charge is -2.10. The minimum atomic E-state index is 0.621. The van der Waals surface area contributed by atoms with E-state index in [0.717, 1.165) is 66.4 Å². The largest absolute Gasteiger partial charge is 0.455 e. The molecule has 4 nitrogen and oxygen atoms in total. The van der Waals surface area contributed by atoms with E-state index in [-0.39, 0.29) is 0 Å². The van der Waals surface area contributed by atoms with Crippen LogP contribution in [-0.4, -0.2) is 15.0 Å². The molecule has 0 aliphatic carbocycles. The summed E-state index contributed by atoms with van der Waals surface area (Å²) in [4.78, 5) is 14.9. The average Bonchev–Trinajstić information content (AvgIpc) is 3.57. The lowest BCUT2D eigenvalue weighted by molar-refractivity contribution is 0.670. The molecule has 7 aromatic carbocycles. The van der Waals surface area contributed by atoms with E-state index in [1.54, 1.807) is 0 Å². The van der Waals surface area contributed by atoms with Crippen LogP contribution in [0, 0.1) is 0 Å². The van der Waals surface area contributed by atoms with E-state index >= 15 is 0 Å². The van der Waals surface area contributed by atoms with Gasteiger partial charge in [0.1, 0.15) is 11.2 Å². The highest BCUT2D eigenvalue weighted by molar-refractivity contribution is 6.10. The third-order valence-corrected chi connectivity index (χ3v) is 8.96. The molecular weight excluding hydrogens is 599 g/mol. The standard InChI is InChI=1S/C45H29N3O/c1-4-12-30(13-5-1)35-18-10-19-37(28-35)45-47-43(33-16-8-3-9-17-33)46-44(48-45)34-24-22-32(23-25-34)38-20-11-21-40-39-27-26-36(29-41(39)49-42(38)40)31-14-6-2-7-15-31/h1-29H. The van der Waals surface area contributed by atoms with Crippen LogP contribution < -0.4 is 0 Å². The van der Waals surface area contributed by atoms with Crippen LogP contribution in [0.5, 0.6) is 0 Å². The normalized spacial score (nSPS) is 11.3. The van der Waals surface area contributed by atoms with Gasteiger partial charge in [-0.3, -0.25) is 0 Å². The molecule has 0 spiro atoms. The fourth-order valence-corrected chi connectivity index (χ4v) is 6.45. The first-order valence-corrected chi connectivity index (χ1v) is 16.4. The van der Waals surface area contributed by atoms with Crippen molar-refractivity contribution >= 4 is 21.9 Å². The molecule has 0 saturated carbocycles. The van der Waals surface area contributed by atoms with Gasteiger partial charge in [0.05, 0.1) is 0 Å². The van der Waals surface area contributed by atoms with Crippen molar-refractivity contribution in [3.63, 3.8) is 0 Å². The van der Waals surface area contributed by atoms with Crippen LogP contribution in [0.4, 0.5) is 0 Å². The van der Waals surface area contributed by atoms with E-state index < -0.39 is 0 Å². The number of furan rings is 1. The first-order chi connectivity index (χ1) is 24.3. The lowest BCUT2D eigenvalue weighted by Crippen LogP contribution is -2.00. The summed E-state index contributed by atoms with van der Waals surface area (Å²) in [5.41, 5.74) is 11.2. The Bertz CT molecular complexity index is 2580. The second-order valence-corrected chi connectivity index (χ2v) is 12.1. The first-order valence-electron chi connectivity index (χ1n) is 16.4. The van der Waals surface area contributed by atoms with Gasteiger partial charge in [0, 0.05) is 33.0 Å². The third-order valence-electron chi connectivity index (χ3n) is 8.96. The Hall–Kier alpha value is -6.65. The fourth-order valence-electron chi connectivity index (χ4n) is 6.45. The van der Waals surface area contributed by atoms with Crippen molar-refractivity contribution in [3.8, 4) is 67.5 Å². The van der Waals surface area contributed by atoms with Gasteiger partial charge in [0.15, 0.2) is 17.5 Å². The van der Waals surface area contributed by atoms with Crippen LogP contribution in [-0.2, 0) is 0 Å². The van der Waals surface area contributed by atoms with Gasteiger partial charge in [-0.2, -0.15) is 0 Å². The number of hydrogen-bond acceptors (Lipinski definition) is 4. The maximum atomic E-state index is 6.55. The Labute approximate surface area is 284 Å². The molecule has 0 fully saturated rings. The zero-order chi connectivity index (χ0) is 32.6. The number of nitrogens with zero attached hydrogens (tertiary/aromatic N) is 3. The maximum Gasteiger partial charge on any atom is 0.164 e. The van der Waals surface area contributed by atoms with Crippen molar-refractivity contribution in [1.82, 2.24) is 15.0 Å². The van der Waals surface area contributed by atoms with Crippen molar-refractivity contribution in [2.45, 2.75) is 0 Å². The van der Waals surface area contributed by atoms with Gasteiger partial charge in [-0.15, -0.1) is 0 Å². The summed E-state index contributed by atoms with van der Waals surface area (Å²) in [7, 11) is 0. The van der Waals surface area contributed by atoms with Gasteiger partial charge < -0.3 is 4.42 Å². The molecule has 2 heterocycles. The molecule has 2 aromatic heterocycles. The highest BCUT2D eigenvalue weighted by Gasteiger charge is 2.16. The Balaban J connectivity index is 1.11. The van der Waals surface area contributed by atoms with Crippen molar-refractivity contribution in [2.24, 2.45) is 0 Å². The van der Waals surface area contributed by atoms with E-state index in [1.165, 1.54) is 5.56 Å². The van der Waals surface area contributed by atoms with Gasteiger partial charge in [-0.1, -0.05) is 158 Å². The molecule has 0 N–H and O–H groups in total. The van der Waals surface area contributed by atoms with Crippen LogP contribution >= 0.6 is 0 Å². The maximum absolute atomic E-state index is 6.55. The minimum Gasteiger partial charge on any atom is -0.455 e. The Morgan fingerprint density at radius 1 is 0.306 bits per heavy atom. The zero-order valence-electron chi connectivity index (χ0n) is 26.5. The van der Waals surface area contributed by atoms with Gasteiger partial charge in [-0.05, 0) is 46.0 Å². The summed E-state index contributed by atoms with van der Waals surface area (Å²) < 4.78 is 6.55. The van der Waals surface area contributed by atoms with Crippen LogP contribution in [0.2, 0.25) is 0 Å². The van der Waals surface area contributed by atoms with Crippen molar-refractivity contribution in [2.75, 3.05) is 0 Å². The molecule has 0 aliphatic rings. The summed E-state index contributed by atoms with van der Waals surface area (Å²) >= 11 is 0. The van der Waals surface area contributed by atoms with Crippen LogP contribution in [0.3, 0.4) is 0 Å². The third kappa shape index (κ3) is 5.45. The Morgan fingerprint density at radius 2 is 0.776 bits per heavy atom. The molecule has 0 bridgehead atoms. The van der Waals surface area contributed by atoms with Crippen LogP contribution in [0.15, 0.2) is 180 Å². The molecule has 0 aliphatic heterocycles. The smallest absolute Gasteiger partial charge is 0.164 e. The van der Waals surface area contributed by atoms with Gasteiger partial charge in [0.25, 0.3) is 0 Å². The quantitative estimate of drug-likeness (QED) is 0.184. The fraction of sp³-hybridized carbons (Fsp3) is 0. The molecule has 0 radical (unpaired) electrons. The number of para-hydroxylation sites is 1. The Morgan fingerprint density at radius 3 is 1.43 bits per heavy atom. The molecular formula is C45H29N3O. The predicted octanol–water partition coefficient (Wildman–Crippen LogP) is 11.8. The number of hydrogen-bond donors (Lipinski definition) is 0. The highest BCUT2D eigenvalue weighted by atomic mass is 16.3. The van der Waals surface area contributed by atoms with Crippen LogP contribution in [0.1, 0.15) is 0 Å². The molecule has 230 valence electrons. The molecule has 0 saturated heterocycles. The Kier molecular flexibility index (Phi) is 7.10. The van der Waals surface area contributed by atoms with Crippen molar-refractivity contribution in [1.29, 1.82) is 0 Å². The van der Waals surface area contributed by atoms with Gasteiger partial charge in [0.2, 0.25) is 0 Å². The summed E-state index contributed by atoms with van der Waals surface area (Å²) in [5, 5.41) is 2.21. The molecule has 0 amide bonds. The molecule has 0 atom stereocenters. The number of benzene rings is 7. The second kappa shape index (κ2) is 12.2. The molecule has 9 rings (SSSR count). The average molecular weight is 628 g/mol. The first kappa shape index (κ1) is 28.6. The molecule has 4 heteroatoms. The number of aromatic nitrogens is 3. The predicted molar refractivity (Wildman–Crippen MR) is 200 cm³/mol. The second-order valence-electron chi connectivity index (χ2n) is 12.1. The van der Waals surface area contributed by atoms with E-state index in [2.05, 4.69) is 133 Å². The zero-order valence-corrected chi connectivity index (χ0v) is 26.5. The number of fused-ring (bicyclic) bond motifs is 3. The minimum absolute atomic E-state index is 0.621. The monoisotopic (exact) mass is 627 g/mol. The summed E-state index contributed by atoms with van der Waals surface area (Å²) in [6.07, 6.45) is 0. The van der Waals surface area contributed by atoms with E-state index in [1.807, 2.05) is 42.5 Å². The van der Waals surface area contributed by atoms with E-state index in [0.29, 0.717) is 17.5 Å². The topological polar surface area (TPSA) is 51.8 Å². The molecule has 9 aromatic rings. The lowest BCUT2D eigenvalue weighted by atomic mass is 10.00. The summed E-state index contributed by atoms with van der Waals surface area (Å²) in [5.74, 6) is 1.89.